The first kappa shape index (κ1) is 15.1. The van der Waals surface area contributed by atoms with Crippen LogP contribution in [-0.2, 0) is 6.54 Å². The number of furan rings is 1. The highest BCUT2D eigenvalue weighted by molar-refractivity contribution is 5.91. The van der Waals surface area contributed by atoms with Gasteiger partial charge in [0.1, 0.15) is 5.76 Å². The molecule has 1 amide bonds. The normalized spacial score (nSPS) is 15.8. The van der Waals surface area contributed by atoms with E-state index in [0.29, 0.717) is 5.76 Å². The van der Waals surface area contributed by atoms with Gasteiger partial charge in [-0.25, -0.2) is 0 Å². The molecule has 1 aromatic rings. The molecule has 0 spiro atoms. The molecule has 0 atom stereocenters. The van der Waals surface area contributed by atoms with Crippen molar-refractivity contribution in [1.29, 1.82) is 0 Å². The minimum atomic E-state index is 0.00830. The first-order valence-electron chi connectivity index (χ1n) is 7.48. The number of unbranched alkanes of at least 4 members (excludes halogenated alkanes) is 1. The minimum Gasteiger partial charge on any atom is -0.455 e. The summed E-state index contributed by atoms with van der Waals surface area (Å²) in [5, 5.41) is 3.24. The fourth-order valence-corrected chi connectivity index (χ4v) is 2.37. The number of piperazine rings is 1. The summed E-state index contributed by atoms with van der Waals surface area (Å²) in [5.41, 5.74) is 0. The van der Waals surface area contributed by atoms with Crippen molar-refractivity contribution in [2.24, 2.45) is 0 Å². The van der Waals surface area contributed by atoms with Gasteiger partial charge in [0.05, 0.1) is 6.54 Å². The van der Waals surface area contributed by atoms with Gasteiger partial charge in [0, 0.05) is 26.2 Å². The molecule has 5 nitrogen and oxygen atoms in total. The maximum atomic E-state index is 12.3. The van der Waals surface area contributed by atoms with E-state index in [-0.39, 0.29) is 5.91 Å². The molecule has 0 unspecified atom stereocenters. The van der Waals surface area contributed by atoms with Gasteiger partial charge in [-0.1, -0.05) is 13.3 Å². The zero-order valence-electron chi connectivity index (χ0n) is 12.5. The Morgan fingerprint density at radius 3 is 2.85 bits per heavy atom. The second-order valence-electron chi connectivity index (χ2n) is 5.40. The lowest BCUT2D eigenvalue weighted by atomic mass is 10.3. The Hall–Kier alpha value is -1.33. The Morgan fingerprint density at radius 2 is 2.15 bits per heavy atom. The molecule has 0 radical (unpaired) electrons. The van der Waals surface area contributed by atoms with Crippen molar-refractivity contribution in [3.63, 3.8) is 0 Å². The Bertz CT molecular complexity index is 425. The van der Waals surface area contributed by atoms with E-state index in [9.17, 15) is 4.79 Å². The lowest BCUT2D eigenvalue weighted by Crippen LogP contribution is -2.46. The predicted octanol–water partition coefficient (Wildman–Crippen LogP) is 1.56. The fourth-order valence-electron chi connectivity index (χ4n) is 2.37. The lowest BCUT2D eigenvalue weighted by Gasteiger charge is -2.26. The summed E-state index contributed by atoms with van der Waals surface area (Å²) in [6.45, 7) is 7.23. The van der Waals surface area contributed by atoms with Gasteiger partial charge in [-0.05, 0) is 32.1 Å². The predicted molar refractivity (Wildman–Crippen MR) is 78.7 cm³/mol. The van der Waals surface area contributed by atoms with Crippen LogP contribution in [0.3, 0.4) is 0 Å². The molecular formula is C15H25N3O2. The van der Waals surface area contributed by atoms with Crippen LogP contribution in [-0.4, -0.2) is 55.5 Å². The number of hydrogen-bond donors (Lipinski definition) is 1. The molecule has 1 N–H and O–H groups in total. The minimum absolute atomic E-state index is 0.00830. The Labute approximate surface area is 120 Å². The fraction of sp³-hybridized carbons (Fsp3) is 0.667. The molecule has 0 bridgehead atoms. The number of nitrogens with one attached hydrogen (secondary N) is 1. The summed E-state index contributed by atoms with van der Waals surface area (Å²) in [7, 11) is 2.08. The van der Waals surface area contributed by atoms with Crippen molar-refractivity contribution in [3.05, 3.63) is 23.7 Å². The van der Waals surface area contributed by atoms with Crippen LogP contribution in [0.5, 0.6) is 0 Å². The van der Waals surface area contributed by atoms with Crippen LogP contribution >= 0.6 is 0 Å². The third kappa shape index (κ3) is 4.08. The van der Waals surface area contributed by atoms with E-state index >= 15 is 0 Å². The molecule has 5 heteroatoms. The third-order valence-electron chi connectivity index (χ3n) is 3.60. The topological polar surface area (TPSA) is 48.7 Å². The van der Waals surface area contributed by atoms with E-state index in [2.05, 4.69) is 24.2 Å². The molecular weight excluding hydrogens is 254 g/mol. The SMILES string of the molecule is CCCCN(C)Cc1ccc(C(=O)N2CCNCC2)o1. The molecule has 0 saturated carbocycles. The molecule has 1 fully saturated rings. The van der Waals surface area contributed by atoms with Crippen molar-refractivity contribution in [1.82, 2.24) is 15.1 Å². The average molecular weight is 279 g/mol. The molecule has 0 aromatic carbocycles. The number of carbonyl (C=O) groups excluding carboxylic acids is 1. The van der Waals surface area contributed by atoms with Gasteiger partial charge in [-0.15, -0.1) is 0 Å². The van der Waals surface area contributed by atoms with E-state index in [1.165, 1.54) is 12.8 Å². The summed E-state index contributed by atoms with van der Waals surface area (Å²) in [4.78, 5) is 16.3. The first-order chi connectivity index (χ1) is 9.70. The van der Waals surface area contributed by atoms with E-state index in [4.69, 9.17) is 4.42 Å². The summed E-state index contributed by atoms with van der Waals surface area (Å²) in [5.74, 6) is 1.34. The van der Waals surface area contributed by atoms with Crippen LogP contribution in [0.4, 0.5) is 0 Å². The summed E-state index contributed by atoms with van der Waals surface area (Å²) < 4.78 is 5.70. The zero-order valence-corrected chi connectivity index (χ0v) is 12.5. The van der Waals surface area contributed by atoms with Gasteiger partial charge >= 0.3 is 0 Å². The number of nitrogens with zero attached hydrogens (tertiary/aromatic N) is 2. The molecule has 2 rings (SSSR count). The quantitative estimate of drug-likeness (QED) is 0.858. The van der Waals surface area contributed by atoms with Gasteiger partial charge in [0.25, 0.3) is 5.91 Å². The van der Waals surface area contributed by atoms with Crippen molar-refractivity contribution in [3.8, 4) is 0 Å². The molecule has 0 aliphatic carbocycles. The maximum absolute atomic E-state index is 12.3. The highest BCUT2D eigenvalue weighted by Gasteiger charge is 2.20. The van der Waals surface area contributed by atoms with Crippen LogP contribution < -0.4 is 5.32 Å². The largest absolute Gasteiger partial charge is 0.455 e. The zero-order chi connectivity index (χ0) is 14.4. The summed E-state index contributed by atoms with van der Waals surface area (Å²) in [6.07, 6.45) is 2.37. The number of hydrogen-bond acceptors (Lipinski definition) is 4. The highest BCUT2D eigenvalue weighted by Crippen LogP contribution is 2.13. The molecule has 2 heterocycles. The third-order valence-corrected chi connectivity index (χ3v) is 3.60. The average Bonchev–Trinajstić information content (AvgIpc) is 2.93. The van der Waals surface area contributed by atoms with Crippen molar-refractivity contribution >= 4 is 5.91 Å². The Balaban J connectivity index is 1.89. The second-order valence-corrected chi connectivity index (χ2v) is 5.40. The smallest absolute Gasteiger partial charge is 0.289 e. The number of amides is 1. The van der Waals surface area contributed by atoms with Gasteiger partial charge in [0.15, 0.2) is 5.76 Å². The van der Waals surface area contributed by atoms with Gasteiger partial charge in [-0.3, -0.25) is 9.69 Å². The van der Waals surface area contributed by atoms with Gasteiger partial charge in [-0.2, -0.15) is 0 Å². The molecule has 1 aliphatic rings. The van der Waals surface area contributed by atoms with Crippen molar-refractivity contribution in [2.75, 3.05) is 39.8 Å². The molecule has 112 valence electrons. The maximum Gasteiger partial charge on any atom is 0.289 e. The van der Waals surface area contributed by atoms with Crippen molar-refractivity contribution < 1.29 is 9.21 Å². The second kappa shape index (κ2) is 7.45. The lowest BCUT2D eigenvalue weighted by molar-refractivity contribution is 0.0700. The molecule has 1 saturated heterocycles. The van der Waals surface area contributed by atoms with E-state index < -0.39 is 0 Å². The molecule has 1 aromatic heterocycles. The standard InChI is InChI=1S/C15H25N3O2/c1-3-4-9-17(2)12-13-5-6-14(20-13)15(19)18-10-7-16-8-11-18/h5-6,16H,3-4,7-12H2,1-2H3. The number of rotatable bonds is 6. The van der Waals surface area contributed by atoms with Gasteiger partial charge < -0.3 is 14.6 Å². The summed E-state index contributed by atoms with van der Waals surface area (Å²) in [6, 6.07) is 3.71. The Morgan fingerprint density at radius 1 is 1.40 bits per heavy atom. The van der Waals surface area contributed by atoms with Crippen LogP contribution in [0, 0.1) is 0 Å². The first-order valence-corrected chi connectivity index (χ1v) is 7.48. The van der Waals surface area contributed by atoms with Crippen LogP contribution in [0.2, 0.25) is 0 Å². The Kier molecular flexibility index (Phi) is 5.61. The highest BCUT2D eigenvalue weighted by atomic mass is 16.4. The van der Waals surface area contributed by atoms with E-state index in [1.807, 2.05) is 11.0 Å². The van der Waals surface area contributed by atoms with Crippen LogP contribution in [0.1, 0.15) is 36.1 Å². The van der Waals surface area contributed by atoms with E-state index in [0.717, 1.165) is 45.0 Å². The summed E-state index contributed by atoms with van der Waals surface area (Å²) >= 11 is 0. The molecule has 1 aliphatic heterocycles. The molecule has 20 heavy (non-hydrogen) atoms. The monoisotopic (exact) mass is 279 g/mol. The van der Waals surface area contributed by atoms with Crippen LogP contribution in [0.15, 0.2) is 16.5 Å². The van der Waals surface area contributed by atoms with Crippen LogP contribution in [0.25, 0.3) is 0 Å². The van der Waals surface area contributed by atoms with E-state index in [1.54, 1.807) is 6.07 Å². The van der Waals surface area contributed by atoms with Gasteiger partial charge in [0.2, 0.25) is 0 Å². The van der Waals surface area contributed by atoms with Crippen molar-refractivity contribution in [2.45, 2.75) is 26.3 Å². The number of carbonyl (C=O) groups is 1.